The number of ether oxygens (including phenoxy) is 2. The molecule has 0 fully saturated rings. The quantitative estimate of drug-likeness (QED) is 0.296. The topological polar surface area (TPSA) is 144 Å². The summed E-state index contributed by atoms with van der Waals surface area (Å²) < 4.78 is 69.4. The highest BCUT2D eigenvalue weighted by Crippen LogP contribution is 2.06. The molecule has 0 radical (unpaired) electrons. The Bertz CT molecular complexity index is 509. The third kappa shape index (κ3) is 15.5. The Labute approximate surface area is 124 Å². The van der Waals surface area contributed by atoms with Crippen molar-refractivity contribution in [1.82, 2.24) is 0 Å². The van der Waals surface area contributed by atoms with Crippen molar-refractivity contribution in [2.45, 2.75) is 32.3 Å². The molecule has 0 spiro atoms. The van der Waals surface area contributed by atoms with Gasteiger partial charge in [0, 0.05) is 20.1 Å². The Hall–Kier alpha value is -0.750. The highest BCUT2D eigenvalue weighted by molar-refractivity contribution is 7.86. The molecule has 0 saturated carbocycles. The van der Waals surface area contributed by atoms with E-state index < -0.39 is 43.8 Å². The first-order valence-corrected chi connectivity index (χ1v) is 9.37. The van der Waals surface area contributed by atoms with Gasteiger partial charge in [0.05, 0.1) is 5.75 Å². The molecule has 0 aromatic heterocycles. The molecule has 1 unspecified atom stereocenters. The van der Waals surface area contributed by atoms with Crippen molar-refractivity contribution in [2.24, 2.45) is 0 Å². The first-order valence-electron chi connectivity index (χ1n) is 6.15. The molecule has 0 aliphatic heterocycles. The zero-order valence-corrected chi connectivity index (χ0v) is 13.2. The van der Waals surface area contributed by atoms with Crippen LogP contribution in [-0.2, 0) is 34.5 Å². The van der Waals surface area contributed by atoms with E-state index in [1.807, 2.05) is 0 Å². The lowest BCUT2D eigenvalue weighted by Crippen LogP contribution is -2.26. The summed E-state index contributed by atoms with van der Waals surface area (Å²) >= 11 is 0. The minimum absolute atomic E-state index is 0.121. The summed E-state index contributed by atoms with van der Waals surface area (Å²) in [6.07, 6.45) is -0.284. The van der Waals surface area contributed by atoms with Gasteiger partial charge in [-0.25, -0.2) is 0 Å². The molecule has 1 atom stereocenters. The van der Waals surface area contributed by atoms with E-state index in [0.29, 0.717) is 6.42 Å². The van der Waals surface area contributed by atoms with Crippen molar-refractivity contribution in [3.63, 3.8) is 0 Å². The summed E-state index contributed by atoms with van der Waals surface area (Å²) in [4.78, 5) is 10.8. The van der Waals surface area contributed by atoms with Crippen LogP contribution < -0.4 is 0 Å². The summed E-state index contributed by atoms with van der Waals surface area (Å²) in [5.41, 5.74) is 0. The lowest BCUT2D eigenvalue weighted by atomic mass is 10.2. The fraction of sp³-hybridized carbons (Fsp3) is 0.900. The van der Waals surface area contributed by atoms with Crippen molar-refractivity contribution in [2.75, 3.05) is 24.7 Å². The fourth-order valence-electron chi connectivity index (χ4n) is 1.50. The smallest absolute Gasteiger partial charge is 0.302 e. The lowest BCUT2D eigenvalue weighted by Gasteiger charge is -2.15. The van der Waals surface area contributed by atoms with Gasteiger partial charge in [-0.15, -0.1) is 0 Å². The molecule has 2 N–H and O–H groups in total. The van der Waals surface area contributed by atoms with Crippen LogP contribution in [0.2, 0.25) is 0 Å². The van der Waals surface area contributed by atoms with Crippen molar-refractivity contribution in [1.29, 1.82) is 0 Å². The molecule has 0 saturated heterocycles. The first-order chi connectivity index (χ1) is 9.49. The predicted molar refractivity (Wildman–Crippen MR) is 73.1 cm³/mol. The van der Waals surface area contributed by atoms with Gasteiger partial charge in [0.1, 0.15) is 11.9 Å². The summed E-state index contributed by atoms with van der Waals surface area (Å²) in [6.45, 7) is 1.45. The van der Waals surface area contributed by atoms with Crippen molar-refractivity contribution in [3.05, 3.63) is 0 Å². The molecule has 0 aromatic carbocycles. The van der Waals surface area contributed by atoms with Gasteiger partial charge in [-0.3, -0.25) is 13.9 Å². The molecular formula is C10H20O9S2. The number of esters is 1. The first kappa shape index (κ1) is 20.2. The Morgan fingerprint density at radius 2 is 1.62 bits per heavy atom. The predicted octanol–water partition coefficient (Wildman–Crippen LogP) is -0.119. The van der Waals surface area contributed by atoms with Gasteiger partial charge in [0.25, 0.3) is 20.2 Å². The van der Waals surface area contributed by atoms with E-state index in [1.165, 1.54) is 0 Å². The Morgan fingerprint density at radius 1 is 1.05 bits per heavy atom. The maximum atomic E-state index is 10.8. The third-order valence-electron chi connectivity index (χ3n) is 2.23. The van der Waals surface area contributed by atoms with E-state index in [4.69, 9.17) is 18.6 Å². The van der Waals surface area contributed by atoms with Crippen molar-refractivity contribution in [3.8, 4) is 0 Å². The van der Waals surface area contributed by atoms with Crippen LogP contribution >= 0.6 is 0 Å². The molecule has 0 aromatic rings. The monoisotopic (exact) mass is 348 g/mol. The van der Waals surface area contributed by atoms with E-state index in [1.54, 1.807) is 0 Å². The van der Waals surface area contributed by atoms with Gasteiger partial charge in [-0.2, -0.15) is 16.8 Å². The second kappa shape index (κ2) is 9.30. The van der Waals surface area contributed by atoms with Crippen LogP contribution in [0.5, 0.6) is 0 Å². The van der Waals surface area contributed by atoms with Gasteiger partial charge in [-0.05, 0) is 19.3 Å². The molecule has 0 rings (SSSR count). The molecule has 126 valence electrons. The number of hydrogen-bond acceptors (Lipinski definition) is 7. The van der Waals surface area contributed by atoms with Crippen LogP contribution in [0.3, 0.4) is 0 Å². The summed E-state index contributed by atoms with van der Waals surface area (Å²) in [6, 6.07) is 0. The second-order valence-corrected chi connectivity index (χ2v) is 7.44. The van der Waals surface area contributed by atoms with Gasteiger partial charge in [0.15, 0.2) is 0 Å². The molecule has 0 heterocycles. The van der Waals surface area contributed by atoms with Crippen LogP contribution in [0.4, 0.5) is 0 Å². The standard InChI is InChI=1S/C10H20O9S2/c1-9(11)19-10(8-21(15,16)17)4-2-5-18-6-3-7-20(12,13)14/h10H,2-8H2,1H3,(H,12,13,14)(H,15,16,17). The summed E-state index contributed by atoms with van der Waals surface area (Å²) in [5, 5.41) is 0. The molecule has 0 amide bonds. The molecule has 0 aliphatic rings. The molecule has 11 heteroatoms. The molecule has 0 bridgehead atoms. The maximum Gasteiger partial charge on any atom is 0.302 e. The minimum atomic E-state index is -4.25. The average Bonchev–Trinajstić information content (AvgIpc) is 2.22. The number of carbonyl (C=O) groups is 1. The number of hydrogen-bond donors (Lipinski definition) is 2. The average molecular weight is 348 g/mol. The third-order valence-corrected chi connectivity index (χ3v) is 3.83. The summed E-state index contributed by atoms with van der Waals surface area (Å²) in [7, 11) is -8.25. The van der Waals surface area contributed by atoms with Gasteiger partial charge < -0.3 is 9.47 Å². The molecule has 21 heavy (non-hydrogen) atoms. The van der Waals surface area contributed by atoms with Crippen molar-refractivity contribution < 1.29 is 40.2 Å². The molecule has 0 aliphatic carbocycles. The SMILES string of the molecule is CC(=O)OC(CCCOCCCS(=O)(=O)O)CS(=O)(=O)O. The van der Waals surface area contributed by atoms with E-state index in [0.717, 1.165) is 6.92 Å². The van der Waals surface area contributed by atoms with Crippen LogP contribution in [-0.4, -0.2) is 62.7 Å². The number of rotatable bonds is 11. The van der Waals surface area contributed by atoms with Crippen LogP contribution in [0.1, 0.15) is 26.2 Å². The minimum Gasteiger partial charge on any atom is -0.461 e. The van der Waals surface area contributed by atoms with Gasteiger partial charge in [-0.1, -0.05) is 0 Å². The van der Waals surface area contributed by atoms with Gasteiger partial charge in [0.2, 0.25) is 0 Å². The highest BCUT2D eigenvalue weighted by atomic mass is 32.2. The second-order valence-electron chi connectivity index (χ2n) is 4.37. The Morgan fingerprint density at radius 3 is 2.10 bits per heavy atom. The highest BCUT2D eigenvalue weighted by Gasteiger charge is 2.19. The van der Waals surface area contributed by atoms with Crippen LogP contribution in [0.25, 0.3) is 0 Å². The van der Waals surface area contributed by atoms with E-state index in [9.17, 15) is 21.6 Å². The van der Waals surface area contributed by atoms with Crippen LogP contribution in [0.15, 0.2) is 0 Å². The Kier molecular flexibility index (Phi) is 8.97. The zero-order chi connectivity index (χ0) is 16.5. The number of carbonyl (C=O) groups excluding carboxylic acids is 1. The normalized spacial score (nSPS) is 13.9. The molecular weight excluding hydrogens is 328 g/mol. The van der Waals surface area contributed by atoms with Gasteiger partial charge >= 0.3 is 5.97 Å². The largest absolute Gasteiger partial charge is 0.461 e. The van der Waals surface area contributed by atoms with Crippen LogP contribution in [0, 0.1) is 0 Å². The van der Waals surface area contributed by atoms with Crippen molar-refractivity contribution >= 4 is 26.2 Å². The molecule has 9 nitrogen and oxygen atoms in total. The van der Waals surface area contributed by atoms with E-state index in [-0.39, 0.29) is 26.1 Å². The maximum absolute atomic E-state index is 10.8. The van der Waals surface area contributed by atoms with E-state index >= 15 is 0 Å². The zero-order valence-electron chi connectivity index (χ0n) is 11.6. The van der Waals surface area contributed by atoms with E-state index in [2.05, 4.69) is 0 Å². The fourth-order valence-corrected chi connectivity index (χ4v) is 2.69. The lowest BCUT2D eigenvalue weighted by molar-refractivity contribution is -0.145. The summed E-state index contributed by atoms with van der Waals surface area (Å²) in [5.74, 6) is -1.74. The Balaban J connectivity index is 3.90.